The second-order valence-corrected chi connectivity index (χ2v) is 11.4. The summed E-state index contributed by atoms with van der Waals surface area (Å²) in [6.07, 6.45) is 1.64. The van der Waals surface area contributed by atoms with Gasteiger partial charge < -0.3 is 37.2 Å². The van der Waals surface area contributed by atoms with Gasteiger partial charge in [0.05, 0.1) is 24.2 Å². The van der Waals surface area contributed by atoms with Gasteiger partial charge in [-0.15, -0.1) is 0 Å². The van der Waals surface area contributed by atoms with Gasteiger partial charge in [0.1, 0.15) is 5.84 Å². The highest BCUT2D eigenvalue weighted by Gasteiger charge is 2.43. The fourth-order valence-corrected chi connectivity index (χ4v) is 5.34. The van der Waals surface area contributed by atoms with Crippen LogP contribution in [-0.4, -0.2) is 84.3 Å². The molecule has 0 saturated carbocycles. The lowest BCUT2D eigenvalue weighted by molar-refractivity contribution is 0.0709. The highest BCUT2D eigenvalue weighted by molar-refractivity contribution is 6.00. The number of hydrogen-bond acceptors (Lipinski definition) is 6. The van der Waals surface area contributed by atoms with Crippen LogP contribution < -0.4 is 22.5 Å². The van der Waals surface area contributed by atoms with E-state index >= 15 is 0 Å². The lowest BCUT2D eigenvalue weighted by atomic mass is 10.00. The van der Waals surface area contributed by atoms with Crippen molar-refractivity contribution in [3.63, 3.8) is 0 Å². The van der Waals surface area contributed by atoms with E-state index in [0.29, 0.717) is 48.0 Å². The Morgan fingerprint density at radius 3 is 2.42 bits per heavy atom. The lowest BCUT2D eigenvalue weighted by Gasteiger charge is -2.35. The molecule has 0 bridgehead atoms. The van der Waals surface area contributed by atoms with Gasteiger partial charge in [-0.05, 0) is 70.6 Å². The van der Waals surface area contributed by atoms with E-state index in [1.165, 1.54) is 0 Å². The number of amidine groups is 1. The number of hydrogen-bond donors (Lipinski definition) is 4. The number of nitrogens with one attached hydrogen (secondary N) is 1. The Bertz CT molecular complexity index is 1270. The fourth-order valence-electron chi connectivity index (χ4n) is 5.34. The van der Waals surface area contributed by atoms with E-state index in [9.17, 15) is 9.59 Å². The Morgan fingerprint density at radius 2 is 1.77 bits per heavy atom. The third-order valence-corrected chi connectivity index (χ3v) is 7.74. The van der Waals surface area contributed by atoms with E-state index in [1.54, 1.807) is 34.1 Å². The van der Waals surface area contributed by atoms with Crippen LogP contribution in [0.15, 0.2) is 70.9 Å². The minimum Gasteiger partial charge on any atom is -0.400 e. The van der Waals surface area contributed by atoms with Gasteiger partial charge in [0.2, 0.25) is 0 Å². The van der Waals surface area contributed by atoms with Crippen LogP contribution in [0.3, 0.4) is 0 Å². The average Bonchev–Trinajstić information content (AvgIpc) is 3.17. The molecule has 0 radical (unpaired) electrons. The molecule has 2 atom stereocenters. The van der Waals surface area contributed by atoms with Crippen molar-refractivity contribution in [3.05, 3.63) is 77.0 Å². The zero-order valence-electron chi connectivity index (χ0n) is 23.9. The average molecular weight is 547 g/mol. The molecule has 4 rings (SSSR count). The zero-order chi connectivity index (χ0) is 29.0. The number of piperidine rings is 1. The molecule has 0 aliphatic carbocycles. The van der Waals surface area contributed by atoms with Crippen LogP contribution in [0.5, 0.6) is 0 Å². The van der Waals surface area contributed by atoms with Gasteiger partial charge in [-0.2, -0.15) is 0 Å². The van der Waals surface area contributed by atoms with Gasteiger partial charge in [0.15, 0.2) is 0 Å². The number of nitrogens with zero attached hydrogens (tertiary/aromatic N) is 4. The molecule has 2 heterocycles. The van der Waals surface area contributed by atoms with Crippen LogP contribution in [-0.2, 0) is 0 Å². The van der Waals surface area contributed by atoms with Gasteiger partial charge in [0.25, 0.3) is 5.91 Å². The number of rotatable bonds is 7. The Labute approximate surface area is 236 Å². The molecule has 214 valence electrons. The van der Waals surface area contributed by atoms with E-state index < -0.39 is 5.54 Å². The first kappa shape index (κ1) is 28.9. The summed E-state index contributed by atoms with van der Waals surface area (Å²) >= 11 is 0. The maximum atomic E-state index is 13.6. The summed E-state index contributed by atoms with van der Waals surface area (Å²) in [5.74, 6) is 0.272. The SMILES string of the molecule is CN(C)C[C@@H](NC(=O)N1CC(C(N)=NC2CCCN(C(=O)c3ccc(N)cc3)C2)=C(N)C1(C)C)c1ccccc1. The quantitative estimate of drug-likeness (QED) is 0.238. The number of anilines is 1. The van der Waals surface area contributed by atoms with Gasteiger partial charge in [0, 0.05) is 42.2 Å². The summed E-state index contributed by atoms with van der Waals surface area (Å²) in [6, 6.07) is 16.3. The largest absolute Gasteiger partial charge is 0.400 e. The standard InChI is InChI=1S/C30H42N8O2/c1-30(2)26(32)24(18-38(30)29(40)35-25(19-36(3)4)20-9-6-5-7-10-20)27(33)34-23-11-8-16-37(17-23)28(39)21-12-14-22(31)15-13-21/h5-7,9-10,12-15,23,25H,8,11,16-19,31-32H2,1-4H3,(H2,33,34)(H,35,40)/t23?,25-/m1/s1. The van der Waals surface area contributed by atoms with Crippen molar-refractivity contribution in [1.29, 1.82) is 0 Å². The van der Waals surface area contributed by atoms with Crippen molar-refractivity contribution in [1.82, 2.24) is 20.0 Å². The van der Waals surface area contributed by atoms with Crippen LogP contribution in [0.2, 0.25) is 0 Å². The van der Waals surface area contributed by atoms with Crippen LogP contribution in [0, 0.1) is 0 Å². The maximum Gasteiger partial charge on any atom is 0.318 e. The van der Waals surface area contributed by atoms with Crippen molar-refractivity contribution in [2.75, 3.05) is 46.0 Å². The fraction of sp³-hybridized carbons (Fsp3) is 0.433. The Morgan fingerprint density at radius 1 is 1.10 bits per heavy atom. The van der Waals surface area contributed by atoms with Crippen LogP contribution in [0.25, 0.3) is 0 Å². The number of urea groups is 1. The van der Waals surface area contributed by atoms with Crippen LogP contribution in [0.4, 0.5) is 10.5 Å². The third-order valence-electron chi connectivity index (χ3n) is 7.74. The number of carbonyl (C=O) groups is 2. The molecule has 7 N–H and O–H groups in total. The van der Waals surface area contributed by atoms with Crippen molar-refractivity contribution in [2.45, 2.75) is 44.3 Å². The van der Waals surface area contributed by atoms with Crippen molar-refractivity contribution in [3.8, 4) is 0 Å². The van der Waals surface area contributed by atoms with Crippen molar-refractivity contribution >= 4 is 23.5 Å². The molecule has 2 aliphatic heterocycles. The summed E-state index contributed by atoms with van der Waals surface area (Å²) in [6.45, 7) is 5.87. The molecule has 2 aromatic rings. The number of nitrogens with two attached hydrogens (primary N) is 3. The summed E-state index contributed by atoms with van der Waals surface area (Å²) in [4.78, 5) is 37.0. The maximum absolute atomic E-state index is 13.6. The summed E-state index contributed by atoms with van der Waals surface area (Å²) in [5, 5.41) is 3.19. The number of aliphatic imine (C=N–C) groups is 1. The molecule has 2 aromatic carbocycles. The Kier molecular flexibility index (Phi) is 8.68. The van der Waals surface area contributed by atoms with E-state index in [0.717, 1.165) is 18.4 Å². The monoisotopic (exact) mass is 546 g/mol. The second-order valence-electron chi connectivity index (χ2n) is 11.4. The number of likely N-dealkylation sites (tertiary alicyclic amines) is 1. The summed E-state index contributed by atoms with van der Waals surface area (Å²) < 4.78 is 0. The molecule has 0 spiro atoms. The molecule has 10 heteroatoms. The summed E-state index contributed by atoms with van der Waals surface area (Å²) in [7, 11) is 3.96. The van der Waals surface area contributed by atoms with Gasteiger partial charge >= 0.3 is 6.03 Å². The van der Waals surface area contributed by atoms with E-state index in [-0.39, 0.29) is 30.6 Å². The molecular formula is C30H42N8O2. The highest BCUT2D eigenvalue weighted by atomic mass is 16.2. The molecule has 10 nitrogen and oxygen atoms in total. The number of benzene rings is 2. The third kappa shape index (κ3) is 6.39. The van der Waals surface area contributed by atoms with E-state index in [2.05, 4.69) is 5.32 Å². The van der Waals surface area contributed by atoms with Crippen LogP contribution in [0.1, 0.15) is 48.7 Å². The minimum atomic E-state index is -0.747. The van der Waals surface area contributed by atoms with Crippen LogP contribution >= 0.6 is 0 Å². The number of nitrogen functional groups attached to an aromatic ring is 1. The van der Waals surface area contributed by atoms with E-state index in [4.69, 9.17) is 22.2 Å². The minimum absolute atomic E-state index is 0.0484. The molecule has 2 aliphatic rings. The van der Waals surface area contributed by atoms with Gasteiger partial charge in [-0.3, -0.25) is 9.79 Å². The Balaban J connectivity index is 1.46. The predicted molar refractivity (Wildman–Crippen MR) is 160 cm³/mol. The Hall–Kier alpha value is -4.05. The van der Waals surface area contributed by atoms with Crippen molar-refractivity contribution < 1.29 is 9.59 Å². The first-order valence-electron chi connectivity index (χ1n) is 13.7. The molecule has 1 fully saturated rings. The molecule has 1 saturated heterocycles. The first-order chi connectivity index (χ1) is 19.0. The topological polar surface area (TPSA) is 146 Å². The number of amides is 3. The molecule has 40 heavy (non-hydrogen) atoms. The molecule has 0 aromatic heterocycles. The molecule has 3 amide bonds. The predicted octanol–water partition coefficient (Wildman–Crippen LogP) is 2.55. The highest BCUT2D eigenvalue weighted by Crippen LogP contribution is 2.32. The molecule has 1 unspecified atom stereocenters. The van der Waals surface area contributed by atoms with E-state index in [1.807, 2.05) is 63.2 Å². The second kappa shape index (κ2) is 12.0. The normalized spacial score (nSPS) is 20.1. The summed E-state index contributed by atoms with van der Waals surface area (Å²) in [5.41, 5.74) is 21.6. The zero-order valence-corrected chi connectivity index (χ0v) is 23.9. The first-order valence-corrected chi connectivity index (χ1v) is 13.7. The molecular weight excluding hydrogens is 504 g/mol. The number of carbonyl (C=O) groups excluding carboxylic acids is 2. The lowest BCUT2D eigenvalue weighted by Crippen LogP contribution is -2.52. The van der Waals surface area contributed by atoms with Gasteiger partial charge in [-0.25, -0.2) is 4.79 Å². The number of likely N-dealkylation sites (N-methyl/N-ethyl adjacent to an activating group) is 1. The van der Waals surface area contributed by atoms with Gasteiger partial charge in [-0.1, -0.05) is 30.3 Å². The van der Waals surface area contributed by atoms with Crippen molar-refractivity contribution in [2.24, 2.45) is 16.5 Å². The smallest absolute Gasteiger partial charge is 0.318 e.